The van der Waals surface area contributed by atoms with Gasteiger partial charge in [0, 0.05) is 4.90 Å². The van der Waals surface area contributed by atoms with Crippen molar-refractivity contribution >= 4 is 17.7 Å². The Morgan fingerprint density at radius 3 is 1.93 bits per heavy atom. The highest BCUT2D eigenvalue weighted by molar-refractivity contribution is 8.00. The van der Waals surface area contributed by atoms with E-state index in [1.165, 1.54) is 0 Å². The van der Waals surface area contributed by atoms with Crippen molar-refractivity contribution in [1.82, 2.24) is 5.32 Å². The zero-order valence-electron chi connectivity index (χ0n) is 16.7. The van der Waals surface area contributed by atoms with Crippen LogP contribution in [0, 0.1) is 5.92 Å². The van der Waals surface area contributed by atoms with Crippen molar-refractivity contribution in [2.75, 3.05) is 14.2 Å². The number of amides is 1. The molecule has 27 heavy (non-hydrogen) atoms. The van der Waals surface area contributed by atoms with Crippen LogP contribution in [0.15, 0.2) is 53.4 Å². The fourth-order valence-corrected chi connectivity index (χ4v) is 3.66. The summed E-state index contributed by atoms with van der Waals surface area (Å²) in [5.41, 5.74) is 1.10. The van der Waals surface area contributed by atoms with E-state index in [0.29, 0.717) is 5.92 Å². The summed E-state index contributed by atoms with van der Waals surface area (Å²) in [5.74, 6) is 2.14. The fourth-order valence-electron chi connectivity index (χ4n) is 2.79. The summed E-state index contributed by atoms with van der Waals surface area (Å²) in [6.07, 6.45) is 0.887. The smallest absolute Gasteiger partial charge is 0.233 e. The van der Waals surface area contributed by atoms with Crippen molar-refractivity contribution in [3.8, 4) is 11.5 Å². The molecule has 0 aliphatic rings. The second kappa shape index (κ2) is 10.3. The average Bonchev–Trinajstić information content (AvgIpc) is 2.67. The molecule has 0 saturated carbocycles. The Labute approximate surface area is 166 Å². The normalized spacial score (nSPS) is 13.1. The zero-order chi connectivity index (χ0) is 19.8. The summed E-state index contributed by atoms with van der Waals surface area (Å²) in [6.45, 7) is 6.26. The molecule has 0 heterocycles. The summed E-state index contributed by atoms with van der Waals surface area (Å²) >= 11 is 1.55. The van der Waals surface area contributed by atoms with Gasteiger partial charge in [0.15, 0.2) is 0 Å². The summed E-state index contributed by atoms with van der Waals surface area (Å²) in [5, 5.41) is 3.03. The molecule has 0 fully saturated rings. The molecule has 2 rings (SSSR count). The van der Waals surface area contributed by atoms with Crippen LogP contribution in [-0.2, 0) is 4.79 Å². The van der Waals surface area contributed by atoms with Crippen LogP contribution >= 0.6 is 11.8 Å². The first kappa shape index (κ1) is 21.2. The minimum absolute atomic E-state index is 0.0117. The topological polar surface area (TPSA) is 47.6 Å². The maximum Gasteiger partial charge on any atom is 0.233 e. The Balaban J connectivity index is 2.04. The molecular formula is C22H29NO3S. The largest absolute Gasteiger partial charge is 0.497 e. The number of nitrogens with one attached hydrogen (secondary N) is 1. The quantitative estimate of drug-likeness (QED) is 0.609. The molecule has 0 unspecified atom stereocenters. The van der Waals surface area contributed by atoms with Gasteiger partial charge in [0.1, 0.15) is 11.5 Å². The first-order valence-corrected chi connectivity index (χ1v) is 10.1. The van der Waals surface area contributed by atoms with Gasteiger partial charge in [0.25, 0.3) is 0 Å². The number of rotatable bonds is 9. The third-order valence-corrected chi connectivity index (χ3v) is 5.40. The van der Waals surface area contributed by atoms with E-state index in [-0.39, 0.29) is 17.2 Å². The minimum Gasteiger partial charge on any atom is -0.497 e. The SMILES string of the molecule is COc1ccc(S[C@@H](C)C(=O)N[C@@H](CC(C)C)c2ccc(OC)cc2)cc1. The summed E-state index contributed by atoms with van der Waals surface area (Å²) in [7, 11) is 3.30. The Morgan fingerprint density at radius 1 is 0.926 bits per heavy atom. The highest BCUT2D eigenvalue weighted by Crippen LogP contribution is 2.28. The van der Waals surface area contributed by atoms with Crippen LogP contribution in [0.1, 0.15) is 38.8 Å². The lowest BCUT2D eigenvalue weighted by Gasteiger charge is -2.23. The van der Waals surface area contributed by atoms with E-state index >= 15 is 0 Å². The van der Waals surface area contributed by atoms with Gasteiger partial charge in [0.2, 0.25) is 5.91 Å². The minimum atomic E-state index is -0.189. The van der Waals surface area contributed by atoms with Crippen LogP contribution in [0.5, 0.6) is 11.5 Å². The Hall–Kier alpha value is -2.14. The monoisotopic (exact) mass is 387 g/mol. The van der Waals surface area contributed by atoms with Crippen LogP contribution in [-0.4, -0.2) is 25.4 Å². The first-order valence-electron chi connectivity index (χ1n) is 9.18. The van der Waals surface area contributed by atoms with E-state index < -0.39 is 0 Å². The van der Waals surface area contributed by atoms with Crippen molar-refractivity contribution in [1.29, 1.82) is 0 Å². The van der Waals surface area contributed by atoms with Gasteiger partial charge in [-0.15, -0.1) is 11.8 Å². The van der Waals surface area contributed by atoms with E-state index in [1.54, 1.807) is 26.0 Å². The molecule has 1 N–H and O–H groups in total. The summed E-state index contributed by atoms with van der Waals surface area (Å²) < 4.78 is 10.4. The summed E-state index contributed by atoms with van der Waals surface area (Å²) in [4.78, 5) is 13.8. The van der Waals surface area contributed by atoms with Crippen LogP contribution in [0.4, 0.5) is 0 Å². The lowest BCUT2D eigenvalue weighted by Crippen LogP contribution is -2.35. The molecule has 146 valence electrons. The number of hydrogen-bond donors (Lipinski definition) is 1. The molecule has 2 atom stereocenters. The van der Waals surface area contributed by atoms with Crippen LogP contribution in [0.25, 0.3) is 0 Å². The predicted octanol–water partition coefficient (Wildman–Crippen LogP) is 5.09. The fraction of sp³-hybridized carbons (Fsp3) is 0.409. The molecule has 0 bridgehead atoms. The van der Waals surface area contributed by atoms with Gasteiger partial charge in [-0.05, 0) is 61.2 Å². The van der Waals surface area contributed by atoms with Crippen LogP contribution < -0.4 is 14.8 Å². The molecule has 0 aliphatic heterocycles. The lowest BCUT2D eigenvalue weighted by molar-refractivity contribution is -0.121. The Bertz CT molecular complexity index is 713. The van der Waals surface area contributed by atoms with Gasteiger partial charge in [-0.25, -0.2) is 0 Å². The van der Waals surface area contributed by atoms with E-state index in [1.807, 2.05) is 55.5 Å². The second-order valence-corrected chi connectivity index (χ2v) is 8.31. The zero-order valence-corrected chi connectivity index (χ0v) is 17.5. The third kappa shape index (κ3) is 6.51. The number of ether oxygens (including phenoxy) is 2. The predicted molar refractivity (Wildman–Crippen MR) is 112 cm³/mol. The van der Waals surface area contributed by atoms with Crippen molar-refractivity contribution in [3.63, 3.8) is 0 Å². The van der Waals surface area contributed by atoms with Crippen molar-refractivity contribution in [2.45, 2.75) is 43.4 Å². The highest BCUT2D eigenvalue weighted by atomic mass is 32.2. The second-order valence-electron chi connectivity index (χ2n) is 6.90. The van der Waals surface area contributed by atoms with Gasteiger partial charge in [-0.1, -0.05) is 26.0 Å². The molecule has 0 aliphatic carbocycles. The molecule has 2 aromatic rings. The standard InChI is InChI=1S/C22H29NO3S/c1-15(2)14-21(17-6-8-18(25-4)9-7-17)23-22(24)16(3)27-20-12-10-19(26-5)11-13-20/h6-13,15-16,21H,14H2,1-5H3,(H,23,24)/t16-,21-/m0/s1. The van der Waals surface area contributed by atoms with Crippen LogP contribution in [0.3, 0.4) is 0 Å². The molecule has 0 saturated heterocycles. The maximum atomic E-state index is 12.8. The molecule has 5 heteroatoms. The Kier molecular flexibility index (Phi) is 8.04. The average molecular weight is 388 g/mol. The van der Waals surface area contributed by atoms with Crippen molar-refractivity contribution in [2.24, 2.45) is 5.92 Å². The maximum absolute atomic E-state index is 12.8. The molecule has 1 amide bonds. The molecule has 0 spiro atoms. The van der Waals surface area contributed by atoms with Gasteiger partial charge in [-0.2, -0.15) is 0 Å². The molecule has 4 nitrogen and oxygen atoms in total. The molecule has 2 aromatic carbocycles. The molecule has 0 aromatic heterocycles. The van der Waals surface area contributed by atoms with Gasteiger partial charge in [-0.3, -0.25) is 4.79 Å². The van der Waals surface area contributed by atoms with E-state index in [4.69, 9.17) is 9.47 Å². The van der Waals surface area contributed by atoms with Gasteiger partial charge < -0.3 is 14.8 Å². The van der Waals surface area contributed by atoms with Crippen molar-refractivity contribution < 1.29 is 14.3 Å². The van der Waals surface area contributed by atoms with Crippen LogP contribution in [0.2, 0.25) is 0 Å². The summed E-state index contributed by atoms with van der Waals surface area (Å²) in [6, 6.07) is 15.7. The molecular weight excluding hydrogens is 358 g/mol. The molecule has 0 radical (unpaired) electrons. The van der Waals surface area contributed by atoms with E-state index in [0.717, 1.165) is 28.4 Å². The van der Waals surface area contributed by atoms with Gasteiger partial charge in [0.05, 0.1) is 25.5 Å². The number of carbonyl (C=O) groups is 1. The van der Waals surface area contributed by atoms with Crippen molar-refractivity contribution in [3.05, 3.63) is 54.1 Å². The number of hydrogen-bond acceptors (Lipinski definition) is 4. The third-order valence-electron chi connectivity index (χ3n) is 4.28. The number of methoxy groups -OCH3 is 2. The number of thioether (sulfide) groups is 1. The number of carbonyl (C=O) groups excluding carboxylic acids is 1. The first-order chi connectivity index (χ1) is 12.9. The highest BCUT2D eigenvalue weighted by Gasteiger charge is 2.21. The van der Waals surface area contributed by atoms with E-state index in [9.17, 15) is 4.79 Å². The van der Waals surface area contributed by atoms with Gasteiger partial charge >= 0.3 is 0 Å². The van der Waals surface area contributed by atoms with E-state index in [2.05, 4.69) is 19.2 Å². The number of benzene rings is 2. The lowest BCUT2D eigenvalue weighted by atomic mass is 9.96. The Morgan fingerprint density at radius 2 is 1.44 bits per heavy atom.